The summed E-state index contributed by atoms with van der Waals surface area (Å²) >= 11 is 0. The number of rotatable bonds is 7. The van der Waals surface area contributed by atoms with Crippen molar-refractivity contribution in [2.45, 2.75) is 25.0 Å². The molecule has 0 unspecified atom stereocenters. The van der Waals surface area contributed by atoms with Crippen LogP contribution in [0.2, 0.25) is 0 Å². The van der Waals surface area contributed by atoms with E-state index < -0.39 is 15.8 Å². The quantitative estimate of drug-likeness (QED) is 0.484. The average Bonchev–Trinajstić information content (AvgIpc) is 3.08. The molecule has 7 nitrogen and oxygen atoms in total. The van der Waals surface area contributed by atoms with E-state index in [-0.39, 0.29) is 10.5 Å². The Kier molecular flexibility index (Phi) is 5.33. The first-order valence-electron chi connectivity index (χ1n) is 9.39. The van der Waals surface area contributed by atoms with Crippen molar-refractivity contribution in [2.24, 2.45) is 0 Å². The van der Waals surface area contributed by atoms with Crippen LogP contribution in [0.25, 0.3) is 11.1 Å². The number of anilines is 1. The molecule has 0 aliphatic rings. The third-order valence-corrected chi connectivity index (χ3v) is 6.00. The Labute approximate surface area is 173 Å². The maximum Gasteiger partial charge on any atom is 0.419 e. The minimum atomic E-state index is -3.85. The van der Waals surface area contributed by atoms with E-state index in [1.807, 2.05) is 37.3 Å². The fourth-order valence-electron chi connectivity index (χ4n) is 3.09. The number of oxazole rings is 1. The summed E-state index contributed by atoms with van der Waals surface area (Å²) in [5.41, 5.74) is 2.23. The molecule has 1 heterocycles. The summed E-state index contributed by atoms with van der Waals surface area (Å²) in [5.74, 6) is 0.118. The molecule has 0 aliphatic heterocycles. The van der Waals surface area contributed by atoms with Crippen LogP contribution in [0.1, 0.15) is 12.5 Å². The molecule has 4 rings (SSSR count). The van der Waals surface area contributed by atoms with Gasteiger partial charge in [0, 0.05) is 18.3 Å². The van der Waals surface area contributed by atoms with Crippen LogP contribution in [0.5, 0.6) is 5.75 Å². The fourth-order valence-corrected chi connectivity index (χ4v) is 4.16. The van der Waals surface area contributed by atoms with E-state index >= 15 is 0 Å². The molecule has 30 heavy (non-hydrogen) atoms. The van der Waals surface area contributed by atoms with Gasteiger partial charge < -0.3 is 9.15 Å². The highest BCUT2D eigenvalue weighted by molar-refractivity contribution is 7.92. The first kappa shape index (κ1) is 19.8. The highest BCUT2D eigenvalue weighted by Crippen LogP contribution is 2.23. The van der Waals surface area contributed by atoms with Gasteiger partial charge in [-0.1, -0.05) is 30.3 Å². The normalized spacial score (nSPS) is 11.5. The third kappa shape index (κ3) is 4.08. The first-order chi connectivity index (χ1) is 14.5. The topological polar surface area (TPSA) is 90.5 Å². The van der Waals surface area contributed by atoms with E-state index in [0.717, 1.165) is 5.56 Å². The van der Waals surface area contributed by atoms with Crippen molar-refractivity contribution in [3.63, 3.8) is 0 Å². The lowest BCUT2D eigenvalue weighted by Gasteiger charge is -2.10. The number of aromatic nitrogens is 1. The SMILES string of the molecule is CCn1c(=O)oc2cc(S(=O)(=O)Nc3ccc(OCc4ccccc4)cc3)ccc21. The highest BCUT2D eigenvalue weighted by Gasteiger charge is 2.17. The number of fused-ring (bicyclic) bond motifs is 1. The van der Waals surface area contributed by atoms with Gasteiger partial charge in [-0.2, -0.15) is 0 Å². The molecule has 154 valence electrons. The lowest BCUT2D eigenvalue weighted by atomic mass is 10.2. The number of aryl methyl sites for hydroxylation is 1. The van der Waals surface area contributed by atoms with Gasteiger partial charge in [0.2, 0.25) is 0 Å². The molecule has 0 fully saturated rings. The smallest absolute Gasteiger partial charge is 0.419 e. The Bertz CT molecular complexity index is 1320. The second kappa shape index (κ2) is 8.08. The molecule has 1 N–H and O–H groups in total. The molecule has 0 bridgehead atoms. The molecule has 0 radical (unpaired) electrons. The summed E-state index contributed by atoms with van der Waals surface area (Å²) in [6, 6.07) is 20.8. The molecular weight excluding hydrogens is 404 g/mol. The molecular formula is C22H20N2O5S. The van der Waals surface area contributed by atoms with Crippen LogP contribution in [-0.4, -0.2) is 13.0 Å². The molecule has 0 amide bonds. The van der Waals surface area contributed by atoms with Crippen LogP contribution in [0.15, 0.2) is 86.9 Å². The number of nitrogens with zero attached hydrogens (tertiary/aromatic N) is 1. The number of sulfonamides is 1. The van der Waals surface area contributed by atoms with Crippen LogP contribution >= 0.6 is 0 Å². The van der Waals surface area contributed by atoms with Crippen LogP contribution < -0.4 is 15.2 Å². The van der Waals surface area contributed by atoms with Gasteiger partial charge in [-0.05, 0) is 48.9 Å². The largest absolute Gasteiger partial charge is 0.489 e. The van der Waals surface area contributed by atoms with Crippen molar-refractivity contribution in [1.29, 1.82) is 0 Å². The molecule has 0 saturated carbocycles. The Hall–Kier alpha value is -3.52. The summed E-state index contributed by atoms with van der Waals surface area (Å²) in [5, 5.41) is 0. The van der Waals surface area contributed by atoms with Crippen LogP contribution in [-0.2, 0) is 23.2 Å². The van der Waals surface area contributed by atoms with Crippen molar-refractivity contribution in [3.8, 4) is 5.75 Å². The number of hydrogen-bond donors (Lipinski definition) is 1. The van der Waals surface area contributed by atoms with Crippen molar-refractivity contribution >= 4 is 26.8 Å². The second-order valence-electron chi connectivity index (χ2n) is 6.65. The zero-order chi connectivity index (χ0) is 21.1. The molecule has 4 aromatic rings. The van der Waals surface area contributed by atoms with E-state index in [4.69, 9.17) is 9.15 Å². The number of nitrogens with one attached hydrogen (secondary N) is 1. The molecule has 0 spiro atoms. The van der Waals surface area contributed by atoms with Gasteiger partial charge in [-0.3, -0.25) is 9.29 Å². The predicted molar refractivity (Wildman–Crippen MR) is 114 cm³/mol. The van der Waals surface area contributed by atoms with Gasteiger partial charge in [-0.25, -0.2) is 13.2 Å². The predicted octanol–water partition coefficient (Wildman–Crippen LogP) is 3.99. The van der Waals surface area contributed by atoms with Gasteiger partial charge in [0.15, 0.2) is 5.58 Å². The molecule has 0 saturated heterocycles. The van der Waals surface area contributed by atoms with E-state index in [0.29, 0.717) is 30.1 Å². The molecule has 3 aromatic carbocycles. The molecule has 1 aromatic heterocycles. The van der Waals surface area contributed by atoms with E-state index in [1.165, 1.54) is 16.7 Å². The van der Waals surface area contributed by atoms with Gasteiger partial charge >= 0.3 is 5.76 Å². The summed E-state index contributed by atoms with van der Waals surface area (Å²) in [6.45, 7) is 2.68. The van der Waals surface area contributed by atoms with Crippen LogP contribution in [0, 0.1) is 0 Å². The van der Waals surface area contributed by atoms with Crippen molar-refractivity contribution < 1.29 is 17.6 Å². The Morgan fingerprint density at radius 2 is 1.73 bits per heavy atom. The Morgan fingerprint density at radius 1 is 1.00 bits per heavy atom. The Morgan fingerprint density at radius 3 is 2.43 bits per heavy atom. The summed E-state index contributed by atoms with van der Waals surface area (Å²) in [7, 11) is -3.85. The van der Waals surface area contributed by atoms with E-state index in [9.17, 15) is 13.2 Å². The summed E-state index contributed by atoms with van der Waals surface area (Å²) < 4.78 is 40.3. The third-order valence-electron chi connectivity index (χ3n) is 4.62. The zero-order valence-electron chi connectivity index (χ0n) is 16.2. The zero-order valence-corrected chi connectivity index (χ0v) is 17.1. The van der Waals surface area contributed by atoms with Gasteiger partial charge in [0.05, 0.1) is 10.4 Å². The monoisotopic (exact) mass is 424 g/mol. The maximum absolute atomic E-state index is 12.7. The summed E-state index contributed by atoms with van der Waals surface area (Å²) in [6.07, 6.45) is 0. The van der Waals surface area contributed by atoms with Gasteiger partial charge in [-0.15, -0.1) is 0 Å². The minimum absolute atomic E-state index is 0.0106. The van der Waals surface area contributed by atoms with Gasteiger partial charge in [0.1, 0.15) is 12.4 Å². The number of benzene rings is 3. The Balaban J connectivity index is 1.49. The molecule has 0 aliphatic carbocycles. The van der Waals surface area contributed by atoms with Gasteiger partial charge in [0.25, 0.3) is 10.0 Å². The first-order valence-corrected chi connectivity index (χ1v) is 10.9. The molecule has 8 heteroatoms. The van der Waals surface area contributed by atoms with Crippen molar-refractivity contribution in [3.05, 3.63) is 88.9 Å². The summed E-state index contributed by atoms with van der Waals surface area (Å²) in [4.78, 5) is 11.8. The van der Waals surface area contributed by atoms with E-state index in [2.05, 4.69) is 4.72 Å². The second-order valence-corrected chi connectivity index (χ2v) is 8.33. The highest BCUT2D eigenvalue weighted by atomic mass is 32.2. The standard InChI is InChI=1S/C22H20N2O5S/c1-2-24-20-13-12-19(14-21(20)29-22(24)25)30(26,27)23-17-8-10-18(11-9-17)28-15-16-6-4-3-5-7-16/h3-14,23H,2,15H2,1H3. The number of ether oxygens (including phenoxy) is 1. The fraction of sp³-hybridized carbons (Fsp3) is 0.136. The van der Waals surface area contributed by atoms with Crippen LogP contribution in [0.3, 0.4) is 0 Å². The molecule has 0 atom stereocenters. The lowest BCUT2D eigenvalue weighted by Crippen LogP contribution is -2.13. The van der Waals surface area contributed by atoms with Crippen molar-refractivity contribution in [2.75, 3.05) is 4.72 Å². The average molecular weight is 424 g/mol. The number of hydrogen-bond acceptors (Lipinski definition) is 5. The minimum Gasteiger partial charge on any atom is -0.489 e. The van der Waals surface area contributed by atoms with Crippen LogP contribution in [0.4, 0.5) is 5.69 Å². The lowest BCUT2D eigenvalue weighted by molar-refractivity contribution is 0.306. The maximum atomic E-state index is 12.7. The van der Waals surface area contributed by atoms with E-state index in [1.54, 1.807) is 30.3 Å². The van der Waals surface area contributed by atoms with Crippen molar-refractivity contribution in [1.82, 2.24) is 4.57 Å².